The van der Waals surface area contributed by atoms with Gasteiger partial charge in [-0.2, -0.15) is 11.8 Å². The first-order chi connectivity index (χ1) is 14.4. The maximum atomic E-state index is 13.8. The van der Waals surface area contributed by atoms with Gasteiger partial charge in [-0.15, -0.1) is 0 Å². The van der Waals surface area contributed by atoms with Gasteiger partial charge in [-0.25, -0.2) is 0 Å². The predicted molar refractivity (Wildman–Crippen MR) is 117 cm³/mol. The van der Waals surface area contributed by atoms with Crippen LogP contribution in [0.2, 0.25) is 0 Å². The largest absolute Gasteiger partial charge is 0.324 e. The molecular weight excluding hydrogens is 398 g/mol. The number of carbonyl (C=O) groups excluding carboxylic acids is 3. The van der Waals surface area contributed by atoms with E-state index in [-0.39, 0.29) is 29.8 Å². The zero-order chi connectivity index (χ0) is 21.2. The molecule has 3 aliphatic heterocycles. The number of nitrogens with one attached hydrogen (secondary N) is 2. The lowest BCUT2D eigenvalue weighted by Crippen LogP contribution is -2.54. The van der Waals surface area contributed by atoms with Crippen LogP contribution in [0, 0.1) is 25.7 Å². The fourth-order valence-corrected chi connectivity index (χ4v) is 6.65. The van der Waals surface area contributed by atoms with Crippen LogP contribution in [-0.4, -0.2) is 46.7 Å². The molecule has 160 valence electrons. The first kappa shape index (κ1) is 20.1. The normalized spacial score (nSPS) is 33.0. The molecule has 3 heterocycles. The Labute approximate surface area is 181 Å². The fourth-order valence-electron chi connectivity index (χ4n) is 6.16. The minimum Gasteiger partial charge on any atom is -0.324 e. The van der Waals surface area contributed by atoms with Crippen LogP contribution in [-0.2, 0) is 19.9 Å². The zero-order valence-electron chi connectivity index (χ0n) is 17.8. The van der Waals surface area contributed by atoms with Crippen molar-refractivity contribution >= 4 is 35.2 Å². The van der Waals surface area contributed by atoms with Crippen molar-refractivity contribution in [2.75, 3.05) is 17.3 Å². The van der Waals surface area contributed by atoms with Gasteiger partial charge in [0.15, 0.2) is 0 Å². The van der Waals surface area contributed by atoms with E-state index in [1.54, 1.807) is 16.7 Å². The van der Waals surface area contributed by atoms with Crippen molar-refractivity contribution in [2.24, 2.45) is 11.8 Å². The Bertz CT molecular complexity index is 942. The molecular formula is C23H29N3O3S. The summed E-state index contributed by atoms with van der Waals surface area (Å²) in [7, 11) is 0. The van der Waals surface area contributed by atoms with Crippen LogP contribution in [0.5, 0.6) is 0 Å². The minimum absolute atomic E-state index is 0.00228. The van der Waals surface area contributed by atoms with Crippen molar-refractivity contribution in [3.63, 3.8) is 0 Å². The monoisotopic (exact) mass is 427 g/mol. The standard InChI is InChI=1S/C23H29N3O3S/c1-12-8-9-15-19(13(12)2)24-22(29)23(15)18-17(16(25-23)10-11-30-3)20(27)26(21(18)28)14-6-4-5-7-14/h8-9,14,16-18,25H,4-7,10-11H2,1-3H3,(H,24,29)/t16-,17+,18-,23-/m0/s1. The highest BCUT2D eigenvalue weighted by atomic mass is 32.2. The van der Waals surface area contributed by atoms with E-state index in [1.165, 1.54) is 0 Å². The quantitative estimate of drug-likeness (QED) is 0.723. The van der Waals surface area contributed by atoms with Gasteiger partial charge in [-0.3, -0.25) is 24.6 Å². The van der Waals surface area contributed by atoms with E-state index in [2.05, 4.69) is 10.6 Å². The number of likely N-dealkylation sites (tertiary alicyclic amines) is 1. The van der Waals surface area contributed by atoms with Crippen LogP contribution >= 0.6 is 11.8 Å². The van der Waals surface area contributed by atoms with E-state index in [9.17, 15) is 14.4 Å². The van der Waals surface area contributed by atoms with Gasteiger partial charge in [0.1, 0.15) is 5.54 Å². The van der Waals surface area contributed by atoms with Crippen molar-refractivity contribution in [2.45, 2.75) is 63.6 Å². The average Bonchev–Trinajstić information content (AvgIpc) is 3.46. The molecule has 6 nitrogen and oxygen atoms in total. The molecule has 2 saturated heterocycles. The van der Waals surface area contributed by atoms with Gasteiger partial charge in [0.05, 0.1) is 11.8 Å². The Morgan fingerprint density at radius 2 is 1.87 bits per heavy atom. The van der Waals surface area contributed by atoms with Crippen LogP contribution in [0.15, 0.2) is 12.1 Å². The van der Waals surface area contributed by atoms with Crippen LogP contribution in [0.1, 0.15) is 48.8 Å². The number of thioether (sulfide) groups is 1. The highest BCUT2D eigenvalue weighted by molar-refractivity contribution is 7.98. The number of imide groups is 1. The molecule has 2 N–H and O–H groups in total. The number of amides is 3. The summed E-state index contributed by atoms with van der Waals surface area (Å²) in [4.78, 5) is 42.4. The molecule has 4 atom stereocenters. The molecule has 1 aromatic rings. The van der Waals surface area contributed by atoms with Crippen molar-refractivity contribution in [1.82, 2.24) is 10.2 Å². The van der Waals surface area contributed by atoms with E-state index in [4.69, 9.17) is 0 Å². The second kappa shape index (κ2) is 7.09. The van der Waals surface area contributed by atoms with Crippen LogP contribution in [0.25, 0.3) is 0 Å². The summed E-state index contributed by atoms with van der Waals surface area (Å²) in [6.45, 7) is 4.02. The second-order valence-electron chi connectivity index (χ2n) is 9.21. The molecule has 3 amide bonds. The van der Waals surface area contributed by atoms with Crippen LogP contribution in [0.3, 0.4) is 0 Å². The van der Waals surface area contributed by atoms with E-state index < -0.39 is 17.4 Å². The average molecular weight is 428 g/mol. The number of hydrogen-bond donors (Lipinski definition) is 2. The fraction of sp³-hybridized carbons (Fsp3) is 0.609. The van der Waals surface area contributed by atoms with Crippen molar-refractivity contribution in [3.8, 4) is 0 Å². The number of carbonyl (C=O) groups is 3. The van der Waals surface area contributed by atoms with Gasteiger partial charge in [0.2, 0.25) is 17.7 Å². The smallest absolute Gasteiger partial charge is 0.250 e. The first-order valence-corrected chi connectivity index (χ1v) is 12.4. The van der Waals surface area contributed by atoms with Crippen LogP contribution in [0.4, 0.5) is 5.69 Å². The van der Waals surface area contributed by atoms with E-state index >= 15 is 0 Å². The molecule has 30 heavy (non-hydrogen) atoms. The Hall–Kier alpha value is -1.86. The third kappa shape index (κ3) is 2.51. The lowest BCUT2D eigenvalue weighted by molar-refractivity contribution is -0.145. The highest BCUT2D eigenvalue weighted by Gasteiger charge is 2.70. The molecule has 0 bridgehead atoms. The molecule has 1 saturated carbocycles. The number of nitrogens with zero attached hydrogens (tertiary/aromatic N) is 1. The van der Waals surface area contributed by atoms with Crippen LogP contribution < -0.4 is 10.6 Å². The van der Waals surface area contributed by atoms with Gasteiger partial charge in [-0.05, 0) is 56.2 Å². The Morgan fingerprint density at radius 1 is 1.13 bits per heavy atom. The Morgan fingerprint density at radius 3 is 2.57 bits per heavy atom. The van der Waals surface area contributed by atoms with E-state index in [0.29, 0.717) is 0 Å². The van der Waals surface area contributed by atoms with Gasteiger partial charge in [0.25, 0.3) is 0 Å². The topological polar surface area (TPSA) is 78.5 Å². The van der Waals surface area contributed by atoms with Crippen molar-refractivity contribution in [1.29, 1.82) is 0 Å². The Balaban J connectivity index is 1.64. The molecule has 1 spiro atoms. The summed E-state index contributed by atoms with van der Waals surface area (Å²) in [6, 6.07) is 3.80. The molecule has 0 radical (unpaired) electrons. The van der Waals surface area contributed by atoms with Gasteiger partial charge >= 0.3 is 0 Å². The zero-order valence-corrected chi connectivity index (χ0v) is 18.6. The number of benzene rings is 1. The van der Waals surface area contributed by atoms with Crippen molar-refractivity contribution in [3.05, 3.63) is 28.8 Å². The third-order valence-corrected chi connectivity index (χ3v) is 8.42. The highest BCUT2D eigenvalue weighted by Crippen LogP contribution is 2.55. The number of rotatable bonds is 4. The maximum Gasteiger partial charge on any atom is 0.250 e. The molecule has 4 aliphatic rings. The number of hydrogen-bond acceptors (Lipinski definition) is 5. The van der Waals surface area contributed by atoms with E-state index in [0.717, 1.165) is 60.2 Å². The summed E-state index contributed by atoms with van der Waals surface area (Å²) < 4.78 is 0. The van der Waals surface area contributed by atoms with Gasteiger partial charge < -0.3 is 5.32 Å². The Kier molecular flexibility index (Phi) is 4.74. The molecule has 3 fully saturated rings. The number of fused-ring (bicyclic) bond motifs is 4. The van der Waals surface area contributed by atoms with E-state index in [1.807, 2.05) is 32.2 Å². The van der Waals surface area contributed by atoms with Gasteiger partial charge in [-0.1, -0.05) is 25.0 Å². The molecule has 5 rings (SSSR count). The summed E-state index contributed by atoms with van der Waals surface area (Å²) in [5.74, 6) is -0.676. The summed E-state index contributed by atoms with van der Waals surface area (Å²) >= 11 is 1.72. The molecule has 7 heteroatoms. The molecule has 0 unspecified atom stereocenters. The van der Waals surface area contributed by atoms with Gasteiger partial charge in [0, 0.05) is 23.3 Å². The molecule has 1 aliphatic carbocycles. The second-order valence-corrected chi connectivity index (χ2v) is 10.2. The summed E-state index contributed by atoms with van der Waals surface area (Å²) in [5.41, 5.74) is 2.60. The summed E-state index contributed by atoms with van der Waals surface area (Å²) in [6.07, 6.45) is 6.67. The SMILES string of the molecule is CSCC[C@@H]1N[C@]2(C(=O)Nc3c2ccc(C)c3C)[C@@H]2C(=O)N(C3CCCC3)C(=O)[C@H]12. The predicted octanol–water partition coefficient (Wildman–Crippen LogP) is 2.72. The first-order valence-electron chi connectivity index (χ1n) is 11.0. The molecule has 0 aromatic heterocycles. The lowest BCUT2D eigenvalue weighted by atomic mass is 9.76. The maximum absolute atomic E-state index is 13.8. The third-order valence-electron chi connectivity index (χ3n) is 7.78. The van der Waals surface area contributed by atoms with Crippen molar-refractivity contribution < 1.29 is 14.4 Å². The minimum atomic E-state index is -1.15. The lowest BCUT2D eigenvalue weighted by Gasteiger charge is -2.31. The number of anilines is 1. The summed E-state index contributed by atoms with van der Waals surface area (Å²) in [5, 5.41) is 6.59. The molecule has 1 aromatic carbocycles. The number of aryl methyl sites for hydroxylation is 1.